The second kappa shape index (κ2) is 3.04. The molecule has 0 saturated carbocycles. The number of nitrogens with one attached hydrogen (secondary N) is 1. The Bertz CT molecular complexity index is 276. The average molecular weight is 186 g/mol. The molecule has 1 unspecified atom stereocenters. The molecule has 1 aromatic carbocycles. The first-order chi connectivity index (χ1) is 5.75. The van der Waals surface area contributed by atoms with Gasteiger partial charge in [-0.2, -0.15) is 0 Å². The van der Waals surface area contributed by atoms with Gasteiger partial charge in [-0.05, 0) is 36.7 Å². The van der Waals surface area contributed by atoms with Gasteiger partial charge in [0.2, 0.25) is 0 Å². The molecular formula is C9H9ClFN. The Morgan fingerprint density at radius 2 is 2.17 bits per heavy atom. The zero-order chi connectivity index (χ0) is 8.55. The van der Waals surface area contributed by atoms with Crippen molar-refractivity contribution in [3.63, 3.8) is 0 Å². The fourth-order valence-electron chi connectivity index (χ4n) is 1.35. The van der Waals surface area contributed by atoms with Crippen LogP contribution < -0.4 is 5.32 Å². The third kappa shape index (κ3) is 1.45. The van der Waals surface area contributed by atoms with Crippen molar-refractivity contribution in [2.75, 3.05) is 6.54 Å². The molecule has 0 spiro atoms. The Kier molecular flexibility index (Phi) is 2.03. The van der Waals surface area contributed by atoms with Gasteiger partial charge in [-0.3, -0.25) is 0 Å². The first kappa shape index (κ1) is 8.02. The topological polar surface area (TPSA) is 12.0 Å². The summed E-state index contributed by atoms with van der Waals surface area (Å²) in [5.74, 6) is -0.258. The van der Waals surface area contributed by atoms with E-state index < -0.39 is 0 Å². The molecule has 64 valence electrons. The summed E-state index contributed by atoms with van der Waals surface area (Å²) in [6.07, 6.45) is 1.07. The molecule has 0 amide bonds. The molecule has 1 aromatic rings. The smallest absolute Gasteiger partial charge is 0.125 e. The lowest BCUT2D eigenvalue weighted by Gasteiger charge is -2.28. The Morgan fingerprint density at radius 1 is 1.42 bits per heavy atom. The van der Waals surface area contributed by atoms with Crippen molar-refractivity contribution in [3.05, 3.63) is 34.6 Å². The van der Waals surface area contributed by atoms with Crippen LogP contribution in [-0.2, 0) is 0 Å². The van der Waals surface area contributed by atoms with Crippen LogP contribution in [0.3, 0.4) is 0 Å². The summed E-state index contributed by atoms with van der Waals surface area (Å²) in [4.78, 5) is 0. The zero-order valence-corrected chi connectivity index (χ0v) is 7.24. The molecule has 1 aliphatic rings. The minimum Gasteiger partial charge on any atom is -0.310 e. The van der Waals surface area contributed by atoms with E-state index in [0.717, 1.165) is 18.5 Å². The Labute approximate surface area is 75.5 Å². The fraction of sp³-hybridized carbons (Fsp3) is 0.333. The average Bonchev–Trinajstić information content (AvgIpc) is 1.79. The molecule has 0 aliphatic carbocycles. The van der Waals surface area contributed by atoms with Crippen LogP contribution in [0.5, 0.6) is 0 Å². The summed E-state index contributed by atoms with van der Waals surface area (Å²) in [5.41, 5.74) is 0.950. The van der Waals surface area contributed by atoms with Gasteiger partial charge in [0.05, 0.1) is 0 Å². The lowest BCUT2D eigenvalue weighted by molar-refractivity contribution is 0.382. The molecule has 1 aliphatic heterocycles. The zero-order valence-electron chi connectivity index (χ0n) is 6.48. The van der Waals surface area contributed by atoms with E-state index in [1.54, 1.807) is 0 Å². The van der Waals surface area contributed by atoms with E-state index in [2.05, 4.69) is 5.32 Å². The number of hydrogen-bond acceptors (Lipinski definition) is 1. The van der Waals surface area contributed by atoms with Crippen molar-refractivity contribution < 1.29 is 4.39 Å². The van der Waals surface area contributed by atoms with Crippen molar-refractivity contribution in [1.29, 1.82) is 0 Å². The molecule has 1 saturated heterocycles. The van der Waals surface area contributed by atoms with Crippen LogP contribution in [0.4, 0.5) is 4.39 Å². The molecule has 0 bridgehead atoms. The van der Waals surface area contributed by atoms with Gasteiger partial charge < -0.3 is 5.32 Å². The maximum absolute atomic E-state index is 12.8. The van der Waals surface area contributed by atoms with E-state index in [-0.39, 0.29) is 5.82 Å². The standard InChI is InChI=1S/C9H9ClFN/c10-7-3-6(4-8(11)5-7)9-1-2-12-9/h3-5,9,12H,1-2H2. The summed E-state index contributed by atoms with van der Waals surface area (Å²) in [6, 6.07) is 4.96. The van der Waals surface area contributed by atoms with Crippen molar-refractivity contribution in [1.82, 2.24) is 5.32 Å². The van der Waals surface area contributed by atoms with E-state index in [9.17, 15) is 4.39 Å². The predicted octanol–water partition coefficient (Wildman–Crippen LogP) is 2.51. The van der Waals surface area contributed by atoms with Gasteiger partial charge in [0.1, 0.15) is 5.82 Å². The summed E-state index contributed by atoms with van der Waals surface area (Å²) in [5, 5.41) is 3.66. The maximum atomic E-state index is 12.8. The highest BCUT2D eigenvalue weighted by molar-refractivity contribution is 6.30. The molecule has 1 heterocycles. The van der Waals surface area contributed by atoms with E-state index in [1.165, 1.54) is 12.1 Å². The summed E-state index contributed by atoms with van der Waals surface area (Å²) < 4.78 is 12.8. The molecule has 0 radical (unpaired) electrons. The largest absolute Gasteiger partial charge is 0.310 e. The normalized spacial score (nSPS) is 22.0. The van der Waals surface area contributed by atoms with Crippen LogP contribution in [0.15, 0.2) is 18.2 Å². The van der Waals surface area contributed by atoms with Gasteiger partial charge in [0.15, 0.2) is 0 Å². The first-order valence-corrected chi connectivity index (χ1v) is 4.33. The summed E-state index contributed by atoms with van der Waals surface area (Å²) in [6.45, 7) is 1.01. The van der Waals surface area contributed by atoms with E-state index in [0.29, 0.717) is 11.1 Å². The lowest BCUT2D eigenvalue weighted by Crippen LogP contribution is -2.34. The number of halogens is 2. The number of rotatable bonds is 1. The Morgan fingerprint density at radius 3 is 2.67 bits per heavy atom. The molecule has 2 rings (SSSR count). The van der Waals surface area contributed by atoms with Gasteiger partial charge in [-0.15, -0.1) is 0 Å². The number of benzene rings is 1. The third-order valence-corrected chi connectivity index (χ3v) is 2.33. The first-order valence-electron chi connectivity index (χ1n) is 3.95. The van der Waals surface area contributed by atoms with Crippen molar-refractivity contribution in [3.8, 4) is 0 Å². The maximum Gasteiger partial charge on any atom is 0.125 e. The highest BCUT2D eigenvalue weighted by Gasteiger charge is 2.18. The molecule has 3 heteroatoms. The van der Waals surface area contributed by atoms with E-state index in [4.69, 9.17) is 11.6 Å². The Balaban J connectivity index is 2.30. The lowest BCUT2D eigenvalue weighted by atomic mass is 9.98. The van der Waals surface area contributed by atoms with Crippen molar-refractivity contribution in [2.24, 2.45) is 0 Å². The van der Waals surface area contributed by atoms with E-state index >= 15 is 0 Å². The van der Waals surface area contributed by atoms with Gasteiger partial charge in [0, 0.05) is 11.1 Å². The highest BCUT2D eigenvalue weighted by Crippen LogP contribution is 2.25. The SMILES string of the molecule is Fc1cc(Cl)cc(C2CCN2)c1. The number of hydrogen-bond donors (Lipinski definition) is 1. The fourth-order valence-corrected chi connectivity index (χ4v) is 1.58. The molecule has 1 atom stereocenters. The van der Waals surface area contributed by atoms with Crippen LogP contribution in [0.25, 0.3) is 0 Å². The molecule has 12 heavy (non-hydrogen) atoms. The molecular weight excluding hydrogens is 177 g/mol. The third-order valence-electron chi connectivity index (χ3n) is 2.11. The molecule has 1 fully saturated rings. The van der Waals surface area contributed by atoms with Crippen LogP contribution in [0, 0.1) is 5.82 Å². The minimum atomic E-state index is -0.258. The van der Waals surface area contributed by atoms with Crippen LogP contribution in [0.1, 0.15) is 18.0 Å². The highest BCUT2D eigenvalue weighted by atomic mass is 35.5. The van der Waals surface area contributed by atoms with Crippen molar-refractivity contribution in [2.45, 2.75) is 12.5 Å². The quantitative estimate of drug-likeness (QED) is 0.709. The van der Waals surface area contributed by atoms with Crippen LogP contribution in [-0.4, -0.2) is 6.54 Å². The van der Waals surface area contributed by atoms with Gasteiger partial charge in [-0.25, -0.2) is 4.39 Å². The minimum absolute atomic E-state index is 0.258. The molecule has 1 N–H and O–H groups in total. The predicted molar refractivity (Wildman–Crippen MR) is 46.8 cm³/mol. The monoisotopic (exact) mass is 185 g/mol. The summed E-state index contributed by atoms with van der Waals surface area (Å²) >= 11 is 5.71. The second-order valence-corrected chi connectivity index (χ2v) is 3.43. The van der Waals surface area contributed by atoms with E-state index in [1.807, 2.05) is 6.07 Å². The second-order valence-electron chi connectivity index (χ2n) is 3.00. The molecule has 0 aromatic heterocycles. The van der Waals surface area contributed by atoms with Crippen LogP contribution in [0.2, 0.25) is 5.02 Å². The summed E-state index contributed by atoms with van der Waals surface area (Å²) in [7, 11) is 0. The van der Waals surface area contributed by atoms with Crippen molar-refractivity contribution >= 4 is 11.6 Å². The Hall–Kier alpha value is -0.600. The van der Waals surface area contributed by atoms with Gasteiger partial charge in [-0.1, -0.05) is 11.6 Å². The molecule has 1 nitrogen and oxygen atoms in total. The van der Waals surface area contributed by atoms with Gasteiger partial charge >= 0.3 is 0 Å². The van der Waals surface area contributed by atoms with Gasteiger partial charge in [0.25, 0.3) is 0 Å². The van der Waals surface area contributed by atoms with Crippen LogP contribution >= 0.6 is 11.6 Å².